The molecule has 82 valence electrons. The summed E-state index contributed by atoms with van der Waals surface area (Å²) in [4.78, 5) is 4.19. The first kappa shape index (κ1) is 10.4. The minimum Gasteiger partial charge on any atom is -0.481 e. The van der Waals surface area contributed by atoms with Crippen molar-refractivity contribution in [2.45, 2.75) is 31.7 Å². The van der Waals surface area contributed by atoms with E-state index in [0.29, 0.717) is 11.8 Å². The molecule has 1 aliphatic carbocycles. The fourth-order valence-corrected chi connectivity index (χ4v) is 2.30. The van der Waals surface area contributed by atoms with Gasteiger partial charge in [0, 0.05) is 18.3 Å². The Balaban J connectivity index is 2.07. The lowest BCUT2D eigenvalue weighted by molar-refractivity contribution is 0.395. The molecule has 2 N–H and O–H groups in total. The second kappa shape index (κ2) is 4.62. The zero-order valence-corrected chi connectivity index (χ0v) is 9.15. The zero-order valence-electron chi connectivity index (χ0n) is 9.15. The van der Waals surface area contributed by atoms with Crippen molar-refractivity contribution >= 4 is 0 Å². The van der Waals surface area contributed by atoms with Gasteiger partial charge in [0.25, 0.3) is 0 Å². The molecule has 1 heterocycles. The number of aromatic nitrogens is 1. The average molecular weight is 206 g/mol. The minimum atomic E-state index is 0.144. The van der Waals surface area contributed by atoms with Crippen LogP contribution in [0.2, 0.25) is 0 Å². The first-order chi connectivity index (χ1) is 7.31. The van der Waals surface area contributed by atoms with Gasteiger partial charge in [0.2, 0.25) is 5.88 Å². The predicted octanol–water partition coefficient (Wildman–Crippen LogP) is 2.28. The summed E-state index contributed by atoms with van der Waals surface area (Å²) in [6.45, 7) is 0. The molecule has 0 spiro atoms. The first-order valence-electron chi connectivity index (χ1n) is 5.57. The molecule has 0 aliphatic heterocycles. The SMILES string of the molecule is COc1ccc([C@@H](N)C2CCCC2)cn1. The third kappa shape index (κ3) is 2.29. The van der Waals surface area contributed by atoms with E-state index >= 15 is 0 Å². The van der Waals surface area contributed by atoms with E-state index in [0.717, 1.165) is 5.56 Å². The standard InChI is InChI=1S/C12H18N2O/c1-15-11-7-6-10(8-14-11)12(13)9-4-2-3-5-9/h6-9,12H,2-5,13H2,1H3/t12-/m0/s1. The van der Waals surface area contributed by atoms with Crippen molar-refractivity contribution < 1.29 is 4.74 Å². The average Bonchev–Trinajstić information content (AvgIpc) is 2.82. The van der Waals surface area contributed by atoms with Gasteiger partial charge in [0.15, 0.2) is 0 Å². The molecule has 1 fully saturated rings. The van der Waals surface area contributed by atoms with E-state index in [4.69, 9.17) is 10.5 Å². The van der Waals surface area contributed by atoms with Crippen molar-refractivity contribution in [2.24, 2.45) is 11.7 Å². The van der Waals surface area contributed by atoms with E-state index in [2.05, 4.69) is 4.98 Å². The van der Waals surface area contributed by atoms with Gasteiger partial charge in [0.1, 0.15) is 0 Å². The molecule has 0 amide bonds. The maximum atomic E-state index is 6.21. The van der Waals surface area contributed by atoms with Gasteiger partial charge >= 0.3 is 0 Å². The number of pyridine rings is 1. The number of hydrogen-bond donors (Lipinski definition) is 1. The molecule has 15 heavy (non-hydrogen) atoms. The summed E-state index contributed by atoms with van der Waals surface area (Å²) in [7, 11) is 1.62. The summed E-state index contributed by atoms with van der Waals surface area (Å²) in [6.07, 6.45) is 6.99. The summed E-state index contributed by atoms with van der Waals surface area (Å²) in [5, 5.41) is 0. The minimum absolute atomic E-state index is 0.144. The van der Waals surface area contributed by atoms with Crippen molar-refractivity contribution in [3.05, 3.63) is 23.9 Å². The van der Waals surface area contributed by atoms with Gasteiger partial charge in [-0.2, -0.15) is 0 Å². The summed E-state index contributed by atoms with van der Waals surface area (Å²) in [6, 6.07) is 4.05. The highest BCUT2D eigenvalue weighted by Gasteiger charge is 2.23. The largest absolute Gasteiger partial charge is 0.481 e. The van der Waals surface area contributed by atoms with E-state index in [-0.39, 0.29) is 6.04 Å². The molecule has 3 nitrogen and oxygen atoms in total. The number of ether oxygens (including phenoxy) is 1. The number of hydrogen-bond acceptors (Lipinski definition) is 3. The zero-order chi connectivity index (χ0) is 10.7. The Bertz CT molecular complexity index is 304. The van der Waals surface area contributed by atoms with Crippen LogP contribution in [-0.4, -0.2) is 12.1 Å². The molecule has 1 aliphatic rings. The van der Waals surface area contributed by atoms with Crippen LogP contribution >= 0.6 is 0 Å². The van der Waals surface area contributed by atoms with E-state index in [9.17, 15) is 0 Å². The van der Waals surface area contributed by atoms with E-state index in [1.54, 1.807) is 7.11 Å². The lowest BCUT2D eigenvalue weighted by atomic mass is 9.94. The van der Waals surface area contributed by atoms with Crippen molar-refractivity contribution in [2.75, 3.05) is 7.11 Å². The van der Waals surface area contributed by atoms with Gasteiger partial charge in [0.05, 0.1) is 7.11 Å². The molecule has 3 heteroatoms. The fraction of sp³-hybridized carbons (Fsp3) is 0.583. The van der Waals surface area contributed by atoms with E-state index in [1.165, 1.54) is 25.7 Å². The molecular formula is C12H18N2O. The Kier molecular flexibility index (Phi) is 3.21. The Morgan fingerprint density at radius 2 is 2.13 bits per heavy atom. The molecule has 0 saturated heterocycles. The van der Waals surface area contributed by atoms with Crippen molar-refractivity contribution in [3.63, 3.8) is 0 Å². The van der Waals surface area contributed by atoms with Gasteiger partial charge in [-0.25, -0.2) is 4.98 Å². The predicted molar refractivity (Wildman–Crippen MR) is 59.7 cm³/mol. The van der Waals surface area contributed by atoms with Crippen LogP contribution in [0.25, 0.3) is 0 Å². The van der Waals surface area contributed by atoms with Gasteiger partial charge < -0.3 is 10.5 Å². The van der Waals surface area contributed by atoms with Crippen molar-refractivity contribution in [3.8, 4) is 5.88 Å². The lowest BCUT2D eigenvalue weighted by Crippen LogP contribution is -2.19. The van der Waals surface area contributed by atoms with Crippen molar-refractivity contribution in [1.29, 1.82) is 0 Å². The smallest absolute Gasteiger partial charge is 0.212 e. The third-order valence-electron chi connectivity index (χ3n) is 3.26. The molecule has 0 bridgehead atoms. The second-order valence-corrected chi connectivity index (χ2v) is 4.20. The highest BCUT2D eigenvalue weighted by atomic mass is 16.5. The third-order valence-corrected chi connectivity index (χ3v) is 3.26. The van der Waals surface area contributed by atoms with E-state index < -0.39 is 0 Å². The summed E-state index contributed by atoms with van der Waals surface area (Å²) < 4.78 is 5.02. The fourth-order valence-electron chi connectivity index (χ4n) is 2.30. The molecule has 0 unspecified atom stereocenters. The van der Waals surface area contributed by atoms with Gasteiger partial charge in [-0.15, -0.1) is 0 Å². The van der Waals surface area contributed by atoms with Crippen LogP contribution in [0.4, 0.5) is 0 Å². The van der Waals surface area contributed by atoms with Crippen LogP contribution in [-0.2, 0) is 0 Å². The first-order valence-corrected chi connectivity index (χ1v) is 5.57. The van der Waals surface area contributed by atoms with Crippen LogP contribution < -0.4 is 10.5 Å². The van der Waals surface area contributed by atoms with Crippen LogP contribution in [0.15, 0.2) is 18.3 Å². The Labute approximate surface area is 90.7 Å². The Morgan fingerprint density at radius 1 is 1.40 bits per heavy atom. The summed E-state index contributed by atoms with van der Waals surface area (Å²) in [5.41, 5.74) is 7.34. The number of nitrogens with two attached hydrogens (primary N) is 1. The highest BCUT2D eigenvalue weighted by molar-refractivity contribution is 5.21. The van der Waals surface area contributed by atoms with Gasteiger partial charge in [-0.1, -0.05) is 18.9 Å². The molecule has 1 atom stereocenters. The van der Waals surface area contributed by atoms with Crippen LogP contribution in [0.3, 0.4) is 0 Å². The second-order valence-electron chi connectivity index (χ2n) is 4.20. The summed E-state index contributed by atoms with van der Waals surface area (Å²) >= 11 is 0. The molecule has 0 radical (unpaired) electrons. The van der Waals surface area contributed by atoms with Crippen molar-refractivity contribution in [1.82, 2.24) is 4.98 Å². The molecule has 1 aromatic rings. The normalized spacial score (nSPS) is 19.1. The van der Waals surface area contributed by atoms with Crippen LogP contribution in [0, 0.1) is 5.92 Å². The van der Waals surface area contributed by atoms with Crippen LogP contribution in [0.5, 0.6) is 5.88 Å². The lowest BCUT2D eigenvalue weighted by Gasteiger charge is -2.18. The van der Waals surface area contributed by atoms with E-state index in [1.807, 2.05) is 18.3 Å². The maximum Gasteiger partial charge on any atom is 0.212 e. The van der Waals surface area contributed by atoms with Gasteiger partial charge in [-0.3, -0.25) is 0 Å². The highest BCUT2D eigenvalue weighted by Crippen LogP contribution is 2.34. The number of methoxy groups -OCH3 is 1. The molecule has 0 aromatic carbocycles. The maximum absolute atomic E-state index is 6.21. The Hall–Kier alpha value is -1.09. The number of nitrogens with zero attached hydrogens (tertiary/aromatic N) is 1. The Morgan fingerprint density at radius 3 is 2.67 bits per heavy atom. The number of rotatable bonds is 3. The van der Waals surface area contributed by atoms with Crippen LogP contribution in [0.1, 0.15) is 37.3 Å². The molecular weight excluding hydrogens is 188 g/mol. The molecule has 1 saturated carbocycles. The molecule has 2 rings (SSSR count). The quantitative estimate of drug-likeness (QED) is 0.825. The van der Waals surface area contributed by atoms with Gasteiger partial charge in [-0.05, 0) is 24.3 Å². The molecule has 1 aromatic heterocycles. The summed E-state index contributed by atoms with van der Waals surface area (Å²) in [5.74, 6) is 1.29. The topological polar surface area (TPSA) is 48.1 Å². The monoisotopic (exact) mass is 206 g/mol.